The molecule has 2 aromatic rings. The maximum atomic E-state index is 12.1. The Morgan fingerprint density at radius 1 is 1.27 bits per heavy atom. The molecule has 7 nitrogen and oxygen atoms in total. The minimum absolute atomic E-state index is 0.0871. The Balaban J connectivity index is 1.92. The number of carbonyl (C=O) groups is 1. The van der Waals surface area contributed by atoms with E-state index in [1.165, 1.54) is 23.1 Å². The van der Waals surface area contributed by atoms with E-state index in [0.29, 0.717) is 5.82 Å². The zero-order valence-electron chi connectivity index (χ0n) is 12.4. The number of hydrogen-bond donors (Lipinski definition) is 1. The summed E-state index contributed by atoms with van der Waals surface area (Å²) in [7, 11) is -3.46. The number of nitrogens with one attached hydrogen (secondary N) is 1. The van der Waals surface area contributed by atoms with Gasteiger partial charge < -0.3 is 5.32 Å². The van der Waals surface area contributed by atoms with Crippen LogP contribution in [0.1, 0.15) is 26.3 Å². The van der Waals surface area contributed by atoms with Crippen LogP contribution >= 0.6 is 0 Å². The van der Waals surface area contributed by atoms with Crippen LogP contribution in [0.2, 0.25) is 0 Å². The number of aromatic nitrogens is 3. The van der Waals surface area contributed by atoms with E-state index in [1.54, 1.807) is 18.2 Å². The van der Waals surface area contributed by atoms with E-state index in [1.807, 2.05) is 13.8 Å². The molecular weight excluding hydrogens is 304 g/mol. The summed E-state index contributed by atoms with van der Waals surface area (Å²) in [4.78, 5) is 13.5. The molecule has 0 radical (unpaired) electrons. The van der Waals surface area contributed by atoms with Crippen LogP contribution in [0.4, 0.5) is 5.82 Å². The van der Waals surface area contributed by atoms with E-state index in [9.17, 15) is 13.2 Å². The smallest absolute Gasteiger partial charge is 0.226 e. The van der Waals surface area contributed by atoms with Crippen LogP contribution in [0.15, 0.2) is 41.4 Å². The fraction of sp³-hybridized carbons (Fsp3) is 0.357. The van der Waals surface area contributed by atoms with Crippen molar-refractivity contribution in [2.24, 2.45) is 0 Å². The highest BCUT2D eigenvalue weighted by atomic mass is 32.2. The molecule has 0 saturated heterocycles. The van der Waals surface area contributed by atoms with Gasteiger partial charge >= 0.3 is 0 Å². The Hall–Kier alpha value is -2.22. The number of anilines is 1. The van der Waals surface area contributed by atoms with Gasteiger partial charge in [-0.05, 0) is 26.0 Å². The zero-order chi connectivity index (χ0) is 16.2. The number of carbonyl (C=O) groups excluding carboxylic acids is 1. The van der Waals surface area contributed by atoms with Gasteiger partial charge in [0.2, 0.25) is 5.91 Å². The lowest BCUT2D eigenvalue weighted by Gasteiger charge is -2.05. The van der Waals surface area contributed by atoms with E-state index in [2.05, 4.69) is 15.5 Å². The fourth-order valence-corrected chi connectivity index (χ4v) is 3.02. The summed E-state index contributed by atoms with van der Waals surface area (Å²) in [5.74, 6) is -0.340. The maximum absolute atomic E-state index is 12.1. The van der Waals surface area contributed by atoms with Crippen molar-refractivity contribution in [3.05, 3.63) is 36.5 Å². The van der Waals surface area contributed by atoms with Crippen molar-refractivity contribution in [1.82, 2.24) is 15.0 Å². The van der Waals surface area contributed by atoms with Crippen LogP contribution in [-0.4, -0.2) is 35.1 Å². The third-order valence-corrected chi connectivity index (χ3v) is 4.67. The van der Waals surface area contributed by atoms with Gasteiger partial charge in [0.1, 0.15) is 0 Å². The Morgan fingerprint density at radius 3 is 2.55 bits per heavy atom. The van der Waals surface area contributed by atoms with E-state index >= 15 is 0 Å². The molecule has 118 valence electrons. The van der Waals surface area contributed by atoms with Gasteiger partial charge in [-0.3, -0.25) is 4.79 Å². The zero-order valence-corrected chi connectivity index (χ0v) is 13.2. The topological polar surface area (TPSA) is 94.0 Å². The van der Waals surface area contributed by atoms with Crippen LogP contribution < -0.4 is 5.32 Å². The van der Waals surface area contributed by atoms with Crippen molar-refractivity contribution < 1.29 is 13.2 Å². The molecule has 0 bridgehead atoms. The van der Waals surface area contributed by atoms with Gasteiger partial charge in [0.05, 0.1) is 22.9 Å². The van der Waals surface area contributed by atoms with Crippen LogP contribution in [-0.2, 0) is 14.6 Å². The first-order chi connectivity index (χ1) is 10.4. The monoisotopic (exact) mass is 322 g/mol. The van der Waals surface area contributed by atoms with E-state index < -0.39 is 15.7 Å². The molecule has 2 rings (SSSR count). The van der Waals surface area contributed by atoms with E-state index in [4.69, 9.17) is 0 Å². The van der Waals surface area contributed by atoms with E-state index in [0.717, 1.165) is 0 Å². The lowest BCUT2D eigenvalue weighted by Crippen LogP contribution is -2.18. The molecule has 0 atom stereocenters. The Morgan fingerprint density at radius 2 is 1.95 bits per heavy atom. The predicted octanol–water partition coefficient (Wildman–Crippen LogP) is 1.66. The molecule has 8 heteroatoms. The lowest BCUT2D eigenvalue weighted by atomic mass is 10.4. The first kappa shape index (κ1) is 16.2. The number of nitrogens with zero attached hydrogens (tertiary/aromatic N) is 3. The van der Waals surface area contributed by atoms with Crippen molar-refractivity contribution in [3.8, 4) is 0 Å². The molecule has 22 heavy (non-hydrogen) atoms. The van der Waals surface area contributed by atoms with Crippen molar-refractivity contribution in [3.63, 3.8) is 0 Å². The molecular formula is C14H18N4O3S. The molecule has 0 unspecified atom stereocenters. The summed E-state index contributed by atoms with van der Waals surface area (Å²) in [5, 5.41) is 10.6. The third-order valence-electron chi connectivity index (χ3n) is 2.94. The molecule has 1 N–H and O–H groups in total. The minimum atomic E-state index is -3.46. The first-order valence-electron chi connectivity index (χ1n) is 6.88. The molecule has 0 saturated carbocycles. The molecule has 0 aliphatic rings. The molecule has 1 aromatic carbocycles. The fourth-order valence-electron chi connectivity index (χ4n) is 1.76. The Kier molecular flexibility index (Phi) is 4.92. The summed E-state index contributed by atoms with van der Waals surface area (Å²) in [6.45, 7) is 3.83. The lowest BCUT2D eigenvalue weighted by molar-refractivity contribution is -0.115. The highest BCUT2D eigenvalue weighted by Gasteiger charge is 2.16. The second-order valence-corrected chi connectivity index (χ2v) is 7.18. The third kappa shape index (κ3) is 4.14. The minimum Gasteiger partial charge on any atom is -0.308 e. The van der Waals surface area contributed by atoms with Crippen LogP contribution in [0.3, 0.4) is 0 Å². The Bertz CT molecular complexity index is 738. The summed E-state index contributed by atoms with van der Waals surface area (Å²) >= 11 is 0. The standard InChI is InChI=1S/C14H18N4O3S/c1-11(2)18-15-10-13(17-18)16-14(19)8-9-22(20,21)12-6-4-3-5-7-12/h3-7,10-11H,8-9H2,1-2H3,(H,16,17,19). The van der Waals surface area contributed by atoms with Crippen molar-refractivity contribution in [2.45, 2.75) is 31.2 Å². The summed E-state index contributed by atoms with van der Waals surface area (Å²) in [5.41, 5.74) is 0. The second kappa shape index (κ2) is 6.69. The summed E-state index contributed by atoms with van der Waals surface area (Å²) < 4.78 is 24.1. The largest absolute Gasteiger partial charge is 0.308 e. The molecule has 0 fully saturated rings. The molecule has 0 aliphatic carbocycles. The van der Waals surface area contributed by atoms with Gasteiger partial charge in [-0.1, -0.05) is 18.2 Å². The van der Waals surface area contributed by atoms with E-state index in [-0.39, 0.29) is 23.1 Å². The first-order valence-corrected chi connectivity index (χ1v) is 8.53. The maximum Gasteiger partial charge on any atom is 0.226 e. The predicted molar refractivity (Wildman–Crippen MR) is 82.1 cm³/mol. The molecule has 1 heterocycles. The van der Waals surface area contributed by atoms with Gasteiger partial charge in [-0.2, -0.15) is 9.90 Å². The number of hydrogen-bond acceptors (Lipinski definition) is 5. The van der Waals surface area contributed by atoms with Gasteiger partial charge in [0.15, 0.2) is 15.7 Å². The normalized spacial score (nSPS) is 11.6. The number of amides is 1. The summed E-state index contributed by atoms with van der Waals surface area (Å²) in [6.07, 6.45) is 1.30. The van der Waals surface area contributed by atoms with Crippen LogP contribution in [0.25, 0.3) is 0 Å². The average Bonchev–Trinajstić information content (AvgIpc) is 2.95. The van der Waals surface area contributed by atoms with Crippen molar-refractivity contribution in [2.75, 3.05) is 11.1 Å². The van der Waals surface area contributed by atoms with Gasteiger partial charge in [0.25, 0.3) is 0 Å². The molecule has 0 spiro atoms. The highest BCUT2D eigenvalue weighted by molar-refractivity contribution is 7.91. The van der Waals surface area contributed by atoms with Crippen LogP contribution in [0, 0.1) is 0 Å². The SMILES string of the molecule is CC(C)n1ncc(NC(=O)CCS(=O)(=O)c2ccccc2)n1. The quantitative estimate of drug-likeness (QED) is 0.873. The van der Waals surface area contributed by atoms with Crippen molar-refractivity contribution >= 4 is 21.6 Å². The van der Waals surface area contributed by atoms with Gasteiger partial charge in [-0.25, -0.2) is 8.42 Å². The molecule has 1 aromatic heterocycles. The van der Waals surface area contributed by atoms with Crippen LogP contribution in [0.5, 0.6) is 0 Å². The van der Waals surface area contributed by atoms with Crippen molar-refractivity contribution in [1.29, 1.82) is 0 Å². The molecule has 1 amide bonds. The highest BCUT2D eigenvalue weighted by Crippen LogP contribution is 2.12. The number of sulfone groups is 1. The Labute approximate surface area is 129 Å². The number of benzene rings is 1. The van der Waals surface area contributed by atoms with Gasteiger partial charge in [-0.15, -0.1) is 5.10 Å². The molecule has 0 aliphatic heterocycles. The van der Waals surface area contributed by atoms with Gasteiger partial charge in [0, 0.05) is 6.42 Å². The second-order valence-electron chi connectivity index (χ2n) is 5.07. The number of rotatable bonds is 6. The summed E-state index contributed by atoms with van der Waals surface area (Å²) in [6, 6.07) is 8.16. The average molecular weight is 322 g/mol.